The Morgan fingerprint density at radius 2 is 1.71 bits per heavy atom. The second-order valence-electron chi connectivity index (χ2n) is 9.57. The highest BCUT2D eigenvalue weighted by Crippen LogP contribution is 2.24. The number of aliphatic hydroxyl groups is 1. The van der Waals surface area contributed by atoms with Crippen molar-refractivity contribution in [2.45, 2.75) is 32.4 Å². The van der Waals surface area contributed by atoms with E-state index in [9.17, 15) is 9.90 Å². The summed E-state index contributed by atoms with van der Waals surface area (Å²) in [6.45, 7) is 3.65. The van der Waals surface area contributed by atoms with E-state index in [-0.39, 0.29) is 18.6 Å². The smallest absolute Gasteiger partial charge is 0.255 e. The molecule has 1 heterocycles. The van der Waals surface area contributed by atoms with Crippen LogP contribution in [0, 0.1) is 11.8 Å². The Hall–Kier alpha value is -4.53. The Morgan fingerprint density at radius 3 is 2.53 bits per heavy atom. The minimum atomic E-state index is -0.459. The molecule has 1 unspecified atom stereocenters. The molecule has 0 fully saturated rings. The summed E-state index contributed by atoms with van der Waals surface area (Å²) < 4.78 is 5.94. The van der Waals surface area contributed by atoms with Crippen LogP contribution in [0.4, 0.5) is 0 Å². The van der Waals surface area contributed by atoms with Gasteiger partial charge in [-0.05, 0) is 66.9 Å². The molecule has 0 saturated heterocycles. The van der Waals surface area contributed by atoms with Gasteiger partial charge in [0, 0.05) is 28.2 Å². The van der Waals surface area contributed by atoms with Crippen molar-refractivity contribution in [3.63, 3.8) is 0 Å². The topological polar surface area (TPSA) is 74.3 Å². The molecule has 5 heteroatoms. The number of fused-ring (bicyclic) bond motifs is 2. The van der Waals surface area contributed by atoms with Gasteiger partial charge >= 0.3 is 0 Å². The maximum atomic E-state index is 13.5. The number of ether oxygens (including phenoxy) is 1. The zero-order valence-corrected chi connectivity index (χ0v) is 21.5. The fraction of sp³-hybridized carbons (Fsp3) is 0.182. The van der Waals surface area contributed by atoms with Gasteiger partial charge in [0.05, 0.1) is 24.3 Å². The lowest BCUT2D eigenvalue weighted by atomic mass is 10.0. The van der Waals surface area contributed by atoms with E-state index in [0.29, 0.717) is 23.3 Å². The molecule has 0 aliphatic heterocycles. The first kappa shape index (κ1) is 25.1. The molecular formula is C33H30N2O3. The molecule has 0 spiro atoms. The van der Waals surface area contributed by atoms with Crippen molar-refractivity contribution < 1.29 is 14.6 Å². The SMILES string of the molecule is CC(C)Oc1ccc(C#Cc2cccc3ccccc23)cc1C(=O)NC(CO)Cc1c[nH]c2ccccc12. The van der Waals surface area contributed by atoms with Crippen LogP contribution in [0.1, 0.15) is 40.9 Å². The number of H-pyrrole nitrogens is 1. The Kier molecular flexibility index (Phi) is 7.44. The number of hydrogen-bond acceptors (Lipinski definition) is 3. The predicted molar refractivity (Wildman–Crippen MR) is 152 cm³/mol. The van der Waals surface area contributed by atoms with E-state index in [1.807, 2.05) is 74.6 Å². The zero-order valence-electron chi connectivity index (χ0n) is 21.5. The summed E-state index contributed by atoms with van der Waals surface area (Å²) >= 11 is 0. The fourth-order valence-corrected chi connectivity index (χ4v) is 4.61. The highest BCUT2D eigenvalue weighted by molar-refractivity contribution is 5.97. The maximum Gasteiger partial charge on any atom is 0.255 e. The number of nitrogens with one attached hydrogen (secondary N) is 2. The highest BCUT2D eigenvalue weighted by Gasteiger charge is 2.19. The van der Waals surface area contributed by atoms with Crippen LogP contribution in [0.2, 0.25) is 0 Å². The molecule has 0 saturated carbocycles. The molecule has 0 bridgehead atoms. The number of rotatable bonds is 7. The minimum absolute atomic E-state index is 0.103. The number of hydrogen-bond donors (Lipinski definition) is 3. The van der Waals surface area contributed by atoms with E-state index in [2.05, 4.69) is 40.3 Å². The normalized spacial score (nSPS) is 11.8. The summed E-state index contributed by atoms with van der Waals surface area (Å²) in [6, 6.07) is 27.1. The Morgan fingerprint density at radius 1 is 0.947 bits per heavy atom. The number of carbonyl (C=O) groups is 1. The van der Waals surface area contributed by atoms with Gasteiger partial charge in [0.2, 0.25) is 0 Å². The average molecular weight is 503 g/mol. The monoisotopic (exact) mass is 502 g/mol. The van der Waals surface area contributed by atoms with Crippen LogP contribution in [-0.2, 0) is 6.42 Å². The summed E-state index contributed by atoms with van der Waals surface area (Å²) in [5.74, 6) is 6.65. The highest BCUT2D eigenvalue weighted by atomic mass is 16.5. The van der Waals surface area contributed by atoms with Crippen LogP contribution in [0.3, 0.4) is 0 Å². The summed E-state index contributed by atoms with van der Waals surface area (Å²) in [5, 5.41) is 16.4. The number of carbonyl (C=O) groups excluding carboxylic acids is 1. The molecule has 0 aliphatic rings. The number of amides is 1. The molecular weight excluding hydrogens is 472 g/mol. The van der Waals surface area contributed by atoms with Gasteiger partial charge in [-0.3, -0.25) is 4.79 Å². The first-order valence-electron chi connectivity index (χ1n) is 12.8. The Labute approximate surface area is 222 Å². The van der Waals surface area contributed by atoms with E-state index < -0.39 is 6.04 Å². The standard InChI is InChI=1S/C33H30N2O3/c1-22(2)38-32-17-15-23(14-16-25-10-7-9-24-8-3-4-11-28(24)25)18-30(32)33(37)35-27(21-36)19-26-20-34-31-13-6-5-12-29(26)31/h3-13,15,17-18,20,22,27,34,36H,19,21H2,1-2H3,(H,35,37). The lowest BCUT2D eigenvalue weighted by Crippen LogP contribution is -2.39. The number of para-hydroxylation sites is 1. The molecule has 1 aromatic heterocycles. The van der Waals surface area contributed by atoms with Crippen molar-refractivity contribution in [3.8, 4) is 17.6 Å². The molecule has 1 atom stereocenters. The van der Waals surface area contributed by atoms with Crippen LogP contribution in [-0.4, -0.2) is 34.8 Å². The quantitative estimate of drug-likeness (QED) is 0.245. The van der Waals surface area contributed by atoms with E-state index in [1.54, 1.807) is 12.1 Å². The first-order valence-corrected chi connectivity index (χ1v) is 12.8. The molecule has 4 aromatic carbocycles. The van der Waals surface area contributed by atoms with Crippen molar-refractivity contribution in [1.82, 2.24) is 10.3 Å². The third-order valence-corrected chi connectivity index (χ3v) is 6.41. The number of aromatic nitrogens is 1. The third-order valence-electron chi connectivity index (χ3n) is 6.41. The van der Waals surface area contributed by atoms with Gasteiger partial charge in [0.25, 0.3) is 5.91 Å². The van der Waals surface area contributed by atoms with Crippen LogP contribution in [0.5, 0.6) is 5.75 Å². The molecule has 5 aromatic rings. The van der Waals surface area contributed by atoms with Crippen LogP contribution < -0.4 is 10.1 Å². The second-order valence-corrected chi connectivity index (χ2v) is 9.57. The molecule has 1 amide bonds. The molecule has 190 valence electrons. The van der Waals surface area contributed by atoms with Crippen molar-refractivity contribution in [1.29, 1.82) is 0 Å². The number of aromatic amines is 1. The average Bonchev–Trinajstić information content (AvgIpc) is 3.34. The Bertz CT molecular complexity index is 1650. The van der Waals surface area contributed by atoms with Crippen molar-refractivity contribution in [2.24, 2.45) is 0 Å². The summed E-state index contributed by atoms with van der Waals surface area (Å²) in [7, 11) is 0. The summed E-state index contributed by atoms with van der Waals surface area (Å²) in [4.78, 5) is 16.7. The zero-order chi connectivity index (χ0) is 26.5. The van der Waals surface area contributed by atoms with Gasteiger partial charge in [0.1, 0.15) is 5.75 Å². The fourth-order valence-electron chi connectivity index (χ4n) is 4.61. The van der Waals surface area contributed by atoms with Gasteiger partial charge in [-0.15, -0.1) is 0 Å². The molecule has 5 nitrogen and oxygen atoms in total. The first-order chi connectivity index (χ1) is 18.5. The van der Waals surface area contributed by atoms with E-state index in [1.165, 1.54) is 0 Å². The number of aliphatic hydroxyl groups excluding tert-OH is 1. The van der Waals surface area contributed by atoms with Gasteiger partial charge in [-0.2, -0.15) is 0 Å². The van der Waals surface area contributed by atoms with Crippen LogP contribution in [0.25, 0.3) is 21.7 Å². The molecule has 3 N–H and O–H groups in total. The van der Waals surface area contributed by atoms with Gasteiger partial charge in [0.15, 0.2) is 0 Å². The van der Waals surface area contributed by atoms with Crippen LogP contribution in [0.15, 0.2) is 91.1 Å². The summed E-state index contributed by atoms with van der Waals surface area (Å²) in [5.41, 5.74) is 4.08. The largest absolute Gasteiger partial charge is 0.490 e. The Balaban J connectivity index is 1.42. The number of benzene rings is 4. The minimum Gasteiger partial charge on any atom is -0.490 e. The van der Waals surface area contributed by atoms with Crippen LogP contribution >= 0.6 is 0 Å². The lowest BCUT2D eigenvalue weighted by Gasteiger charge is -2.19. The second kappa shape index (κ2) is 11.2. The molecule has 0 aliphatic carbocycles. The predicted octanol–water partition coefficient (Wildman–Crippen LogP) is 5.84. The lowest BCUT2D eigenvalue weighted by molar-refractivity contribution is 0.0910. The third kappa shape index (κ3) is 5.56. The molecule has 5 rings (SSSR count). The van der Waals surface area contributed by atoms with E-state index in [4.69, 9.17) is 4.74 Å². The maximum absolute atomic E-state index is 13.5. The van der Waals surface area contributed by atoms with Crippen molar-refractivity contribution in [3.05, 3.63) is 113 Å². The summed E-state index contributed by atoms with van der Waals surface area (Å²) in [6.07, 6.45) is 2.32. The van der Waals surface area contributed by atoms with Crippen molar-refractivity contribution >= 4 is 27.6 Å². The molecule has 38 heavy (non-hydrogen) atoms. The van der Waals surface area contributed by atoms with Gasteiger partial charge in [-0.25, -0.2) is 0 Å². The van der Waals surface area contributed by atoms with E-state index in [0.717, 1.165) is 32.8 Å². The van der Waals surface area contributed by atoms with Gasteiger partial charge < -0.3 is 20.1 Å². The van der Waals surface area contributed by atoms with Crippen molar-refractivity contribution in [2.75, 3.05) is 6.61 Å². The van der Waals surface area contributed by atoms with Gasteiger partial charge in [-0.1, -0.05) is 66.4 Å². The molecule has 0 radical (unpaired) electrons. The van der Waals surface area contributed by atoms with E-state index >= 15 is 0 Å².